The maximum atomic E-state index is 11.7. The quantitative estimate of drug-likeness (QED) is 0.500. The molecule has 2 atom stereocenters. The summed E-state index contributed by atoms with van der Waals surface area (Å²) in [6.45, 7) is 2.65. The van der Waals surface area contributed by atoms with Crippen LogP contribution >= 0.6 is 0 Å². The number of methoxy groups -OCH3 is 1. The Hall–Kier alpha value is -1.14. The van der Waals surface area contributed by atoms with Gasteiger partial charge in [-0.2, -0.15) is 0 Å². The van der Waals surface area contributed by atoms with E-state index in [9.17, 15) is 9.59 Å². The molecular weight excluding hydrogens is 264 g/mol. The Morgan fingerprint density at radius 2 is 2.15 bits per heavy atom. The van der Waals surface area contributed by atoms with Gasteiger partial charge in [-0.15, -0.1) is 0 Å². The van der Waals surface area contributed by atoms with Crippen LogP contribution in [0.15, 0.2) is 0 Å². The molecule has 1 saturated heterocycles. The van der Waals surface area contributed by atoms with Gasteiger partial charge in [0.05, 0.1) is 26.2 Å². The Bertz CT molecular complexity index is 298. The van der Waals surface area contributed by atoms with E-state index in [0.717, 1.165) is 19.3 Å². The fourth-order valence-corrected chi connectivity index (χ4v) is 2.05. The first-order chi connectivity index (χ1) is 9.63. The summed E-state index contributed by atoms with van der Waals surface area (Å²) in [7, 11) is 1.36. The minimum Gasteiger partial charge on any atom is -0.469 e. The second-order valence-electron chi connectivity index (χ2n) is 4.83. The molecule has 0 radical (unpaired) electrons. The van der Waals surface area contributed by atoms with Crippen LogP contribution < -0.4 is 0 Å². The average molecular weight is 288 g/mol. The Morgan fingerprint density at radius 1 is 1.35 bits per heavy atom. The van der Waals surface area contributed by atoms with Crippen molar-refractivity contribution in [2.24, 2.45) is 5.92 Å². The molecule has 0 spiro atoms. The van der Waals surface area contributed by atoms with E-state index >= 15 is 0 Å². The van der Waals surface area contributed by atoms with Crippen molar-refractivity contribution in [3.63, 3.8) is 0 Å². The average Bonchev–Trinajstić information content (AvgIpc) is 2.46. The first-order valence-corrected chi connectivity index (χ1v) is 7.08. The third-order valence-corrected chi connectivity index (χ3v) is 3.16. The van der Waals surface area contributed by atoms with E-state index in [1.807, 2.05) is 0 Å². The van der Waals surface area contributed by atoms with Gasteiger partial charge in [0.1, 0.15) is 0 Å². The lowest BCUT2D eigenvalue weighted by Crippen LogP contribution is -2.28. The fraction of sp³-hybridized carbons (Fsp3) is 0.857. The highest BCUT2D eigenvalue weighted by Gasteiger charge is 2.22. The van der Waals surface area contributed by atoms with Gasteiger partial charge in [0.15, 0.2) is 6.29 Å². The van der Waals surface area contributed by atoms with E-state index in [-0.39, 0.29) is 30.8 Å². The van der Waals surface area contributed by atoms with Crippen molar-refractivity contribution in [2.75, 3.05) is 26.9 Å². The highest BCUT2D eigenvalue weighted by Crippen LogP contribution is 2.17. The zero-order valence-electron chi connectivity index (χ0n) is 12.3. The summed E-state index contributed by atoms with van der Waals surface area (Å²) in [4.78, 5) is 22.3. The highest BCUT2D eigenvalue weighted by atomic mass is 16.7. The van der Waals surface area contributed by atoms with Crippen LogP contribution in [0.5, 0.6) is 0 Å². The Kier molecular flexibility index (Phi) is 8.22. The molecule has 1 unspecified atom stereocenters. The number of esters is 2. The largest absolute Gasteiger partial charge is 0.469 e. The molecule has 1 rings (SSSR count). The highest BCUT2D eigenvalue weighted by molar-refractivity contribution is 5.72. The van der Waals surface area contributed by atoms with Crippen molar-refractivity contribution >= 4 is 11.9 Å². The standard InChI is InChI=1S/C14H24O6/c1-11(15)18-9-5-6-12(14(16)17-2)10-20-13-7-3-4-8-19-13/h12-13H,3-10H2,1-2H3/t12-,13?/m0/s1. The molecule has 6 nitrogen and oxygen atoms in total. The normalized spacial score (nSPS) is 20.2. The molecule has 0 aromatic carbocycles. The van der Waals surface area contributed by atoms with Crippen LogP contribution in [-0.4, -0.2) is 45.2 Å². The van der Waals surface area contributed by atoms with Crippen LogP contribution in [0.1, 0.15) is 39.0 Å². The molecule has 0 aromatic rings. The van der Waals surface area contributed by atoms with Gasteiger partial charge in [0.25, 0.3) is 0 Å². The molecule has 116 valence electrons. The van der Waals surface area contributed by atoms with Crippen LogP contribution in [0, 0.1) is 5.92 Å². The topological polar surface area (TPSA) is 71.1 Å². The van der Waals surface area contributed by atoms with Crippen molar-refractivity contribution < 1.29 is 28.5 Å². The van der Waals surface area contributed by atoms with E-state index in [1.54, 1.807) is 0 Å². The molecule has 1 aliphatic heterocycles. The maximum absolute atomic E-state index is 11.7. The summed E-state index contributed by atoms with van der Waals surface area (Å²) in [5.74, 6) is -0.962. The van der Waals surface area contributed by atoms with Gasteiger partial charge in [-0.25, -0.2) is 0 Å². The van der Waals surface area contributed by atoms with Gasteiger partial charge in [0, 0.05) is 13.5 Å². The molecule has 0 aliphatic carbocycles. The van der Waals surface area contributed by atoms with E-state index in [1.165, 1.54) is 14.0 Å². The van der Waals surface area contributed by atoms with Crippen molar-refractivity contribution in [1.29, 1.82) is 0 Å². The van der Waals surface area contributed by atoms with Crippen LogP contribution in [0.3, 0.4) is 0 Å². The van der Waals surface area contributed by atoms with Crippen LogP contribution in [0.4, 0.5) is 0 Å². The molecule has 1 fully saturated rings. The van der Waals surface area contributed by atoms with Gasteiger partial charge in [-0.05, 0) is 32.1 Å². The summed E-state index contributed by atoms with van der Waals surface area (Å²) in [6.07, 6.45) is 3.95. The van der Waals surface area contributed by atoms with E-state index < -0.39 is 0 Å². The summed E-state index contributed by atoms with van der Waals surface area (Å²) < 4.78 is 20.7. The Labute approximate surface area is 119 Å². The number of ether oxygens (including phenoxy) is 4. The van der Waals surface area contributed by atoms with Crippen LogP contribution in [0.2, 0.25) is 0 Å². The lowest BCUT2D eigenvalue weighted by molar-refractivity contribution is -0.177. The predicted octanol–water partition coefficient (Wildman–Crippen LogP) is 1.66. The first kappa shape index (κ1) is 16.9. The molecule has 20 heavy (non-hydrogen) atoms. The third kappa shape index (κ3) is 6.86. The smallest absolute Gasteiger partial charge is 0.311 e. The first-order valence-electron chi connectivity index (χ1n) is 7.08. The fourth-order valence-electron chi connectivity index (χ4n) is 2.05. The summed E-state index contributed by atoms with van der Waals surface area (Å²) in [6, 6.07) is 0. The molecule has 0 amide bonds. The molecule has 1 heterocycles. The number of hydrogen-bond acceptors (Lipinski definition) is 6. The van der Waals surface area contributed by atoms with Crippen molar-refractivity contribution in [3.8, 4) is 0 Å². The molecule has 0 saturated carbocycles. The zero-order valence-corrected chi connectivity index (χ0v) is 12.3. The second kappa shape index (κ2) is 9.72. The molecule has 0 bridgehead atoms. The van der Waals surface area contributed by atoms with Gasteiger partial charge in [0.2, 0.25) is 0 Å². The summed E-state index contributed by atoms with van der Waals surface area (Å²) in [5, 5.41) is 0. The lowest BCUT2D eigenvalue weighted by Gasteiger charge is -2.24. The van der Waals surface area contributed by atoms with Gasteiger partial charge in [-0.3, -0.25) is 9.59 Å². The predicted molar refractivity (Wildman–Crippen MR) is 70.9 cm³/mol. The third-order valence-electron chi connectivity index (χ3n) is 3.16. The zero-order chi connectivity index (χ0) is 14.8. The van der Waals surface area contributed by atoms with E-state index in [0.29, 0.717) is 26.1 Å². The summed E-state index contributed by atoms with van der Waals surface area (Å²) >= 11 is 0. The van der Waals surface area contributed by atoms with Gasteiger partial charge in [-0.1, -0.05) is 0 Å². The molecule has 0 N–H and O–H groups in total. The maximum Gasteiger partial charge on any atom is 0.311 e. The van der Waals surface area contributed by atoms with Crippen molar-refractivity contribution in [2.45, 2.75) is 45.3 Å². The van der Waals surface area contributed by atoms with E-state index in [2.05, 4.69) is 0 Å². The molecule has 0 aromatic heterocycles. The number of carbonyl (C=O) groups is 2. The SMILES string of the molecule is COC(=O)[C@@H](CCCOC(C)=O)COC1CCCCO1. The second-order valence-corrected chi connectivity index (χ2v) is 4.83. The van der Waals surface area contributed by atoms with Crippen LogP contribution in [0.25, 0.3) is 0 Å². The number of carbonyl (C=O) groups excluding carboxylic acids is 2. The molecule has 1 aliphatic rings. The summed E-state index contributed by atoms with van der Waals surface area (Å²) in [5.41, 5.74) is 0. The Morgan fingerprint density at radius 3 is 2.75 bits per heavy atom. The van der Waals surface area contributed by atoms with Gasteiger partial charge >= 0.3 is 11.9 Å². The van der Waals surface area contributed by atoms with Crippen molar-refractivity contribution in [1.82, 2.24) is 0 Å². The molecular formula is C14H24O6. The van der Waals surface area contributed by atoms with Crippen LogP contribution in [-0.2, 0) is 28.5 Å². The Balaban J connectivity index is 2.27. The van der Waals surface area contributed by atoms with Crippen molar-refractivity contribution in [3.05, 3.63) is 0 Å². The minimum atomic E-state index is -0.346. The number of hydrogen-bond donors (Lipinski definition) is 0. The van der Waals surface area contributed by atoms with Gasteiger partial charge < -0.3 is 18.9 Å². The lowest BCUT2D eigenvalue weighted by atomic mass is 10.0. The number of rotatable bonds is 8. The monoisotopic (exact) mass is 288 g/mol. The molecule has 6 heteroatoms. The van der Waals surface area contributed by atoms with E-state index in [4.69, 9.17) is 18.9 Å². The minimum absolute atomic E-state index is 0.218.